The van der Waals surface area contributed by atoms with Gasteiger partial charge in [0, 0.05) is 12.6 Å². The van der Waals surface area contributed by atoms with E-state index in [-0.39, 0.29) is 12.5 Å². The highest BCUT2D eigenvalue weighted by Gasteiger charge is 2.37. The predicted octanol–water partition coefficient (Wildman–Crippen LogP) is 4.66. The molecule has 0 radical (unpaired) electrons. The summed E-state index contributed by atoms with van der Waals surface area (Å²) in [5, 5.41) is 0. The molecule has 0 unspecified atom stereocenters. The molecule has 3 rings (SSSR count). The van der Waals surface area contributed by atoms with Crippen molar-refractivity contribution < 1.29 is 17.9 Å². The molecule has 0 saturated carbocycles. The van der Waals surface area contributed by atoms with Crippen LogP contribution in [0.3, 0.4) is 0 Å². The second-order valence-electron chi connectivity index (χ2n) is 8.75. The van der Waals surface area contributed by atoms with Gasteiger partial charge in [0.2, 0.25) is 5.91 Å². The first-order valence-corrected chi connectivity index (χ1v) is 11.7. The molecule has 0 aromatic heterocycles. The number of hydrogen-bond donors (Lipinski definition) is 1. The number of amides is 1. The molecule has 31 heavy (non-hydrogen) atoms. The maximum Gasteiger partial charge on any atom is 0.262 e. The van der Waals surface area contributed by atoms with Crippen molar-refractivity contribution in [1.82, 2.24) is 0 Å². The van der Waals surface area contributed by atoms with Gasteiger partial charge in [-0.3, -0.25) is 9.52 Å². The van der Waals surface area contributed by atoms with Gasteiger partial charge in [-0.2, -0.15) is 0 Å². The van der Waals surface area contributed by atoms with Crippen LogP contribution in [0.5, 0.6) is 5.75 Å². The topological polar surface area (TPSA) is 75.7 Å². The fourth-order valence-corrected chi connectivity index (χ4v) is 5.48. The molecule has 0 spiro atoms. The summed E-state index contributed by atoms with van der Waals surface area (Å²) in [4.78, 5) is 14.9. The van der Waals surface area contributed by atoms with Gasteiger partial charge in [-0.1, -0.05) is 12.1 Å². The lowest BCUT2D eigenvalue weighted by Gasteiger charge is -2.27. The van der Waals surface area contributed by atoms with Crippen LogP contribution in [0.25, 0.3) is 0 Å². The van der Waals surface area contributed by atoms with E-state index in [0.717, 1.165) is 22.3 Å². The van der Waals surface area contributed by atoms with E-state index < -0.39 is 15.4 Å². The van der Waals surface area contributed by atoms with Crippen LogP contribution in [-0.4, -0.2) is 27.5 Å². The van der Waals surface area contributed by atoms with Crippen LogP contribution in [0.2, 0.25) is 0 Å². The Morgan fingerprint density at radius 2 is 1.74 bits per heavy atom. The number of anilines is 2. The third kappa shape index (κ3) is 4.19. The Morgan fingerprint density at radius 1 is 1.13 bits per heavy atom. The van der Waals surface area contributed by atoms with E-state index in [9.17, 15) is 13.2 Å². The first kappa shape index (κ1) is 22.9. The van der Waals surface area contributed by atoms with Crippen LogP contribution in [-0.2, 0) is 14.8 Å². The Morgan fingerprint density at radius 3 is 2.32 bits per heavy atom. The zero-order valence-corrected chi connectivity index (χ0v) is 19.8. The molecule has 0 bridgehead atoms. The Balaban J connectivity index is 2.04. The summed E-state index contributed by atoms with van der Waals surface area (Å²) in [6, 6.07) is 6.98. The number of ether oxygens (including phenoxy) is 1. The van der Waals surface area contributed by atoms with Crippen molar-refractivity contribution in [1.29, 1.82) is 0 Å². The van der Waals surface area contributed by atoms with E-state index >= 15 is 0 Å². The van der Waals surface area contributed by atoms with Crippen molar-refractivity contribution in [2.24, 2.45) is 5.41 Å². The lowest BCUT2D eigenvalue weighted by molar-refractivity contribution is -0.127. The van der Waals surface area contributed by atoms with Gasteiger partial charge in [0.05, 0.1) is 21.7 Å². The number of carbonyl (C=O) groups excluding carboxylic acids is 1. The van der Waals surface area contributed by atoms with Gasteiger partial charge in [-0.15, -0.1) is 6.58 Å². The molecule has 2 aromatic carbocycles. The second-order valence-corrected chi connectivity index (χ2v) is 10.4. The predicted molar refractivity (Wildman–Crippen MR) is 124 cm³/mol. The van der Waals surface area contributed by atoms with Gasteiger partial charge in [0.25, 0.3) is 10.0 Å². The maximum atomic E-state index is 13.3. The van der Waals surface area contributed by atoms with Gasteiger partial charge in [0.15, 0.2) is 0 Å². The normalized spacial score (nSPS) is 15.7. The van der Waals surface area contributed by atoms with Gasteiger partial charge in [0.1, 0.15) is 12.4 Å². The number of nitrogens with one attached hydrogen (secondary N) is 1. The fraction of sp³-hybridized carbons (Fsp3) is 0.375. The van der Waals surface area contributed by atoms with Crippen molar-refractivity contribution in [2.75, 3.05) is 22.8 Å². The SMILES string of the molecule is C=CCN1C(=O)C(C)(C)COc2cc(NS(=O)(=O)c3c(C)c(C)cc(C)c3C)ccc21. The largest absolute Gasteiger partial charge is 0.490 e. The molecule has 1 amide bonds. The summed E-state index contributed by atoms with van der Waals surface area (Å²) in [7, 11) is -3.81. The minimum atomic E-state index is -3.81. The van der Waals surface area contributed by atoms with Crippen molar-refractivity contribution in [3.05, 3.63) is 59.2 Å². The van der Waals surface area contributed by atoms with E-state index in [1.165, 1.54) is 0 Å². The summed E-state index contributed by atoms with van der Waals surface area (Å²) in [5.74, 6) is 0.385. The van der Waals surface area contributed by atoms with Crippen molar-refractivity contribution in [2.45, 2.75) is 46.4 Å². The highest BCUT2D eigenvalue weighted by atomic mass is 32.2. The zero-order valence-electron chi connectivity index (χ0n) is 19.0. The maximum absolute atomic E-state index is 13.3. The smallest absolute Gasteiger partial charge is 0.262 e. The molecule has 7 heteroatoms. The van der Waals surface area contributed by atoms with Crippen LogP contribution < -0.4 is 14.4 Å². The average Bonchev–Trinajstić information content (AvgIpc) is 2.76. The number of hydrogen-bond acceptors (Lipinski definition) is 4. The van der Waals surface area contributed by atoms with E-state index in [0.29, 0.717) is 28.6 Å². The molecule has 0 atom stereocenters. The number of aryl methyl sites for hydroxylation is 2. The lowest BCUT2D eigenvalue weighted by Crippen LogP contribution is -2.42. The first-order valence-electron chi connectivity index (χ1n) is 10.2. The molecule has 0 saturated heterocycles. The molecule has 1 N–H and O–H groups in total. The first-order chi connectivity index (χ1) is 14.4. The molecule has 1 heterocycles. The number of nitrogens with zero attached hydrogens (tertiary/aromatic N) is 1. The summed E-state index contributed by atoms with van der Waals surface area (Å²) in [6.07, 6.45) is 1.66. The summed E-state index contributed by atoms with van der Waals surface area (Å²) >= 11 is 0. The number of sulfonamides is 1. The minimum absolute atomic E-state index is 0.0685. The Hall–Kier alpha value is -2.80. The highest BCUT2D eigenvalue weighted by Crippen LogP contribution is 2.39. The standard InChI is InChI=1S/C24H30N2O4S/c1-8-11-26-20-10-9-19(13-21(20)30-14-24(6,7)23(26)27)25-31(28,29)22-17(4)15(2)12-16(3)18(22)5/h8-10,12-13,25H,1,11,14H2,2-7H3. The van der Waals surface area contributed by atoms with Gasteiger partial charge < -0.3 is 9.64 Å². The molecular formula is C24H30N2O4S. The second kappa shape index (κ2) is 8.04. The summed E-state index contributed by atoms with van der Waals surface area (Å²) in [6.45, 7) is 15.4. The molecule has 6 nitrogen and oxygen atoms in total. The molecular weight excluding hydrogens is 412 g/mol. The zero-order chi connectivity index (χ0) is 23.1. The van der Waals surface area contributed by atoms with E-state index in [1.54, 1.807) is 29.2 Å². The number of rotatable bonds is 5. The summed E-state index contributed by atoms with van der Waals surface area (Å²) in [5.41, 5.74) is 3.57. The highest BCUT2D eigenvalue weighted by molar-refractivity contribution is 7.92. The van der Waals surface area contributed by atoms with E-state index in [4.69, 9.17) is 4.74 Å². The van der Waals surface area contributed by atoms with Crippen LogP contribution >= 0.6 is 0 Å². The Labute approximate surface area is 185 Å². The van der Waals surface area contributed by atoms with E-state index in [2.05, 4.69) is 11.3 Å². The molecule has 1 aliphatic rings. The third-order valence-electron chi connectivity index (χ3n) is 5.79. The van der Waals surface area contributed by atoms with Crippen LogP contribution in [0.4, 0.5) is 11.4 Å². The van der Waals surface area contributed by atoms with Crippen molar-refractivity contribution >= 4 is 27.3 Å². The van der Waals surface area contributed by atoms with Crippen LogP contribution in [0.1, 0.15) is 36.1 Å². The molecule has 0 fully saturated rings. The lowest BCUT2D eigenvalue weighted by atomic mass is 9.93. The quantitative estimate of drug-likeness (QED) is 0.684. The Bertz CT molecular complexity index is 1140. The minimum Gasteiger partial charge on any atom is -0.490 e. The molecule has 1 aliphatic heterocycles. The number of benzene rings is 2. The average molecular weight is 443 g/mol. The van der Waals surface area contributed by atoms with Crippen molar-refractivity contribution in [3.63, 3.8) is 0 Å². The monoisotopic (exact) mass is 442 g/mol. The number of fused-ring (bicyclic) bond motifs is 1. The van der Waals surface area contributed by atoms with Crippen molar-refractivity contribution in [3.8, 4) is 5.75 Å². The Kier molecular flexibility index (Phi) is 5.93. The molecule has 166 valence electrons. The van der Waals surface area contributed by atoms with Crippen LogP contribution in [0, 0.1) is 33.1 Å². The van der Waals surface area contributed by atoms with Gasteiger partial charge in [-0.25, -0.2) is 8.42 Å². The van der Waals surface area contributed by atoms with Crippen LogP contribution in [0.15, 0.2) is 41.8 Å². The van der Waals surface area contributed by atoms with Gasteiger partial charge >= 0.3 is 0 Å². The summed E-state index contributed by atoms with van der Waals surface area (Å²) < 4.78 is 35.2. The van der Waals surface area contributed by atoms with E-state index in [1.807, 2.05) is 47.6 Å². The third-order valence-corrected chi connectivity index (χ3v) is 7.45. The fourth-order valence-electron chi connectivity index (χ4n) is 3.81. The molecule has 0 aliphatic carbocycles. The molecule has 2 aromatic rings. The number of carbonyl (C=O) groups is 1. The van der Waals surface area contributed by atoms with Gasteiger partial charge in [-0.05, 0) is 75.9 Å².